The molecular formula is C22H11ClF3N3O2S. The SMILES string of the molecule is O=c1c(=Cc2ccc(-c3cccc(C(F)(F)F)c3)o2)sc2nc(-c3ccc(Cl)cc3)nn12. The number of rotatable bonds is 3. The van der Waals surface area contributed by atoms with Gasteiger partial charge in [-0.05, 0) is 48.5 Å². The summed E-state index contributed by atoms with van der Waals surface area (Å²) in [6.45, 7) is 0. The Hall–Kier alpha value is -3.43. The minimum Gasteiger partial charge on any atom is -0.457 e. The van der Waals surface area contributed by atoms with Gasteiger partial charge in [-0.25, -0.2) is 0 Å². The van der Waals surface area contributed by atoms with Gasteiger partial charge in [0.1, 0.15) is 16.1 Å². The molecular weight excluding hydrogens is 463 g/mol. The number of aromatic nitrogens is 3. The van der Waals surface area contributed by atoms with Gasteiger partial charge in [-0.3, -0.25) is 4.79 Å². The molecule has 3 aromatic heterocycles. The van der Waals surface area contributed by atoms with E-state index in [-0.39, 0.29) is 16.9 Å². The second-order valence-corrected chi connectivity index (χ2v) is 8.28. The standard InChI is InChI=1S/C22H11ClF3N3O2S/c23-15-6-4-12(5-7-15)19-27-21-29(28-19)20(30)18(32-21)11-16-8-9-17(31-16)13-2-1-3-14(10-13)22(24,25)26/h1-11H. The fraction of sp³-hybridized carbons (Fsp3) is 0.0455. The third-order valence-corrected chi connectivity index (χ3v) is 5.87. The second kappa shape index (κ2) is 7.61. The van der Waals surface area contributed by atoms with Crippen LogP contribution in [0.25, 0.3) is 33.7 Å². The summed E-state index contributed by atoms with van der Waals surface area (Å²) in [6.07, 6.45) is -2.93. The van der Waals surface area contributed by atoms with E-state index in [1.807, 2.05) is 0 Å². The number of furan rings is 1. The lowest BCUT2D eigenvalue weighted by atomic mass is 10.1. The zero-order valence-electron chi connectivity index (χ0n) is 15.9. The average molecular weight is 474 g/mol. The third kappa shape index (κ3) is 3.80. The maximum atomic E-state index is 13.0. The minimum absolute atomic E-state index is 0.263. The van der Waals surface area contributed by atoms with Crippen LogP contribution in [0.4, 0.5) is 13.2 Å². The van der Waals surface area contributed by atoms with Gasteiger partial charge < -0.3 is 4.42 Å². The highest BCUT2D eigenvalue weighted by atomic mass is 35.5. The van der Waals surface area contributed by atoms with Gasteiger partial charge in [-0.2, -0.15) is 22.7 Å². The second-order valence-electron chi connectivity index (χ2n) is 6.83. The lowest BCUT2D eigenvalue weighted by Crippen LogP contribution is -2.23. The van der Waals surface area contributed by atoms with Crippen LogP contribution in [0.5, 0.6) is 0 Å². The molecule has 0 spiro atoms. The molecule has 3 heterocycles. The van der Waals surface area contributed by atoms with Gasteiger partial charge >= 0.3 is 6.18 Å². The average Bonchev–Trinajstić information content (AvgIpc) is 3.46. The summed E-state index contributed by atoms with van der Waals surface area (Å²) in [5.41, 5.74) is -0.111. The number of hydrogen-bond acceptors (Lipinski definition) is 5. The number of hydrogen-bond donors (Lipinski definition) is 0. The number of nitrogens with zero attached hydrogens (tertiary/aromatic N) is 3. The molecule has 0 fully saturated rings. The molecule has 5 aromatic rings. The van der Waals surface area contributed by atoms with Crippen molar-refractivity contribution in [2.24, 2.45) is 0 Å². The van der Waals surface area contributed by atoms with E-state index in [2.05, 4.69) is 10.1 Å². The van der Waals surface area contributed by atoms with Gasteiger partial charge in [-0.15, -0.1) is 5.10 Å². The molecule has 0 saturated carbocycles. The third-order valence-electron chi connectivity index (χ3n) is 4.66. The van der Waals surface area contributed by atoms with E-state index in [0.717, 1.165) is 29.0 Å². The molecule has 5 rings (SSSR count). The van der Waals surface area contributed by atoms with Crippen LogP contribution >= 0.6 is 22.9 Å². The van der Waals surface area contributed by atoms with E-state index < -0.39 is 11.7 Å². The van der Waals surface area contributed by atoms with Gasteiger partial charge in [0.25, 0.3) is 5.56 Å². The predicted octanol–water partition coefficient (Wildman–Crippen LogP) is 5.30. The first kappa shape index (κ1) is 20.5. The maximum Gasteiger partial charge on any atom is 0.416 e. The zero-order chi connectivity index (χ0) is 22.5. The van der Waals surface area contributed by atoms with E-state index in [1.165, 1.54) is 22.7 Å². The molecule has 0 aliphatic heterocycles. The number of alkyl halides is 3. The van der Waals surface area contributed by atoms with E-state index in [9.17, 15) is 18.0 Å². The van der Waals surface area contributed by atoms with E-state index in [4.69, 9.17) is 16.0 Å². The van der Waals surface area contributed by atoms with Crippen molar-refractivity contribution in [3.8, 4) is 22.7 Å². The minimum atomic E-state index is -4.45. The normalized spacial score (nSPS) is 12.7. The van der Waals surface area contributed by atoms with Crippen molar-refractivity contribution in [3.63, 3.8) is 0 Å². The van der Waals surface area contributed by atoms with Crippen molar-refractivity contribution in [2.75, 3.05) is 0 Å². The first-order valence-electron chi connectivity index (χ1n) is 9.23. The van der Waals surface area contributed by atoms with Crippen LogP contribution in [0.2, 0.25) is 5.02 Å². The highest BCUT2D eigenvalue weighted by Crippen LogP contribution is 2.32. The number of halogens is 4. The summed E-state index contributed by atoms with van der Waals surface area (Å²) in [5.74, 6) is 0.998. The number of benzene rings is 2. The Labute approximate surface area is 187 Å². The van der Waals surface area contributed by atoms with Gasteiger partial charge in [0.05, 0.1) is 5.56 Å². The van der Waals surface area contributed by atoms with Gasteiger partial charge in [0, 0.05) is 22.2 Å². The molecule has 5 nitrogen and oxygen atoms in total. The quantitative estimate of drug-likeness (QED) is 0.357. The van der Waals surface area contributed by atoms with Crippen molar-refractivity contribution in [2.45, 2.75) is 6.18 Å². The molecule has 10 heteroatoms. The van der Waals surface area contributed by atoms with Crippen molar-refractivity contribution < 1.29 is 17.6 Å². The van der Waals surface area contributed by atoms with Crippen molar-refractivity contribution >= 4 is 34.0 Å². The Kier molecular flexibility index (Phi) is 4.87. The first-order valence-corrected chi connectivity index (χ1v) is 10.4. The smallest absolute Gasteiger partial charge is 0.416 e. The largest absolute Gasteiger partial charge is 0.457 e. The number of fused-ring (bicyclic) bond motifs is 1. The van der Waals surface area contributed by atoms with E-state index >= 15 is 0 Å². The fourth-order valence-corrected chi connectivity index (χ4v) is 4.13. The van der Waals surface area contributed by atoms with Crippen LogP contribution in [0.15, 0.2) is 69.9 Å². The summed E-state index contributed by atoms with van der Waals surface area (Å²) in [6, 6.07) is 14.9. The van der Waals surface area contributed by atoms with Crippen molar-refractivity contribution in [3.05, 3.63) is 91.9 Å². The molecule has 160 valence electrons. The molecule has 0 aliphatic carbocycles. The van der Waals surface area contributed by atoms with Crippen LogP contribution in [0.1, 0.15) is 11.3 Å². The number of thiazole rings is 1. The van der Waals surface area contributed by atoms with Crippen LogP contribution in [-0.2, 0) is 6.18 Å². The Morgan fingerprint density at radius 2 is 1.81 bits per heavy atom. The van der Waals surface area contributed by atoms with Gasteiger partial charge in [-0.1, -0.05) is 35.1 Å². The highest BCUT2D eigenvalue weighted by molar-refractivity contribution is 7.15. The molecule has 0 atom stereocenters. The summed E-state index contributed by atoms with van der Waals surface area (Å²) in [4.78, 5) is 17.5. The van der Waals surface area contributed by atoms with Crippen LogP contribution < -0.4 is 10.1 Å². The first-order chi connectivity index (χ1) is 15.3. The topological polar surface area (TPSA) is 60.4 Å². The Morgan fingerprint density at radius 1 is 1.03 bits per heavy atom. The fourth-order valence-electron chi connectivity index (χ4n) is 3.12. The molecule has 0 aliphatic rings. The summed E-state index contributed by atoms with van der Waals surface area (Å²) in [5, 5.41) is 4.85. The lowest BCUT2D eigenvalue weighted by molar-refractivity contribution is -0.137. The van der Waals surface area contributed by atoms with Crippen molar-refractivity contribution in [1.29, 1.82) is 0 Å². The summed E-state index contributed by atoms with van der Waals surface area (Å²) in [7, 11) is 0. The Balaban J connectivity index is 1.48. The highest BCUT2D eigenvalue weighted by Gasteiger charge is 2.30. The van der Waals surface area contributed by atoms with E-state index in [1.54, 1.807) is 36.4 Å². The van der Waals surface area contributed by atoms with Gasteiger partial charge in [0.2, 0.25) is 4.96 Å². The zero-order valence-corrected chi connectivity index (χ0v) is 17.5. The molecule has 0 saturated heterocycles. The molecule has 0 N–H and O–H groups in total. The van der Waals surface area contributed by atoms with E-state index in [0.29, 0.717) is 26.1 Å². The molecule has 0 amide bonds. The molecule has 0 bridgehead atoms. The van der Waals surface area contributed by atoms with Gasteiger partial charge in [0.15, 0.2) is 5.82 Å². The Bertz CT molecular complexity index is 1550. The monoisotopic (exact) mass is 473 g/mol. The maximum absolute atomic E-state index is 13.0. The molecule has 32 heavy (non-hydrogen) atoms. The molecule has 2 aromatic carbocycles. The molecule has 0 radical (unpaired) electrons. The van der Waals surface area contributed by atoms with Crippen molar-refractivity contribution in [1.82, 2.24) is 14.6 Å². The Morgan fingerprint density at radius 3 is 2.53 bits per heavy atom. The molecule has 0 unspecified atom stereocenters. The summed E-state index contributed by atoms with van der Waals surface area (Å²) < 4.78 is 46.1. The van der Waals surface area contributed by atoms with Crippen LogP contribution in [-0.4, -0.2) is 14.6 Å². The van der Waals surface area contributed by atoms with Crippen LogP contribution in [0, 0.1) is 0 Å². The van der Waals surface area contributed by atoms with Crippen LogP contribution in [0.3, 0.4) is 0 Å². The lowest BCUT2D eigenvalue weighted by Gasteiger charge is -2.07. The summed E-state index contributed by atoms with van der Waals surface area (Å²) >= 11 is 7.03. The predicted molar refractivity (Wildman–Crippen MR) is 116 cm³/mol.